The van der Waals surface area contributed by atoms with Gasteiger partial charge in [-0.25, -0.2) is 0 Å². The lowest BCUT2D eigenvalue weighted by Crippen LogP contribution is -2.36. The first-order chi connectivity index (χ1) is 7.17. The summed E-state index contributed by atoms with van der Waals surface area (Å²) in [5.74, 6) is 0.905. The molecule has 2 N–H and O–H groups in total. The second-order valence-electron chi connectivity index (χ2n) is 3.91. The highest BCUT2D eigenvalue weighted by atomic mass is 16.5. The van der Waals surface area contributed by atoms with Gasteiger partial charge in [-0.05, 0) is 38.2 Å². The van der Waals surface area contributed by atoms with Crippen molar-refractivity contribution in [2.45, 2.75) is 12.5 Å². The van der Waals surface area contributed by atoms with E-state index in [9.17, 15) is 0 Å². The molecule has 0 aliphatic rings. The number of hydrogen-bond acceptors (Lipinski definition) is 3. The fourth-order valence-corrected chi connectivity index (χ4v) is 1.55. The Morgan fingerprint density at radius 1 is 1.40 bits per heavy atom. The third-order valence-corrected chi connectivity index (χ3v) is 2.61. The molecule has 1 atom stereocenters. The monoisotopic (exact) mass is 208 g/mol. The maximum Gasteiger partial charge on any atom is 0.119 e. The summed E-state index contributed by atoms with van der Waals surface area (Å²) in [7, 11) is 5.79. The van der Waals surface area contributed by atoms with Crippen molar-refractivity contribution in [3.05, 3.63) is 29.8 Å². The molecular weight excluding hydrogens is 188 g/mol. The lowest BCUT2D eigenvalue weighted by molar-refractivity contribution is 0.297. The SMILES string of the molecule is COc1cccc(C[C@@H](CN)N(C)C)c1. The number of methoxy groups -OCH3 is 1. The molecule has 0 radical (unpaired) electrons. The van der Waals surface area contributed by atoms with Crippen molar-refractivity contribution in [2.75, 3.05) is 27.7 Å². The molecule has 1 rings (SSSR count). The van der Waals surface area contributed by atoms with Crippen LogP contribution in [0.25, 0.3) is 0 Å². The zero-order valence-electron chi connectivity index (χ0n) is 9.73. The van der Waals surface area contributed by atoms with Crippen LogP contribution in [-0.2, 0) is 6.42 Å². The lowest BCUT2D eigenvalue weighted by Gasteiger charge is -2.22. The average molecular weight is 208 g/mol. The highest BCUT2D eigenvalue weighted by molar-refractivity contribution is 5.28. The van der Waals surface area contributed by atoms with Crippen molar-refractivity contribution in [1.82, 2.24) is 4.90 Å². The summed E-state index contributed by atoms with van der Waals surface area (Å²) < 4.78 is 5.19. The van der Waals surface area contributed by atoms with E-state index in [1.165, 1.54) is 5.56 Å². The summed E-state index contributed by atoms with van der Waals surface area (Å²) in [6, 6.07) is 8.52. The molecule has 0 aliphatic heterocycles. The topological polar surface area (TPSA) is 38.5 Å². The minimum atomic E-state index is 0.386. The van der Waals surface area contributed by atoms with Crippen molar-refractivity contribution in [3.8, 4) is 5.75 Å². The third-order valence-electron chi connectivity index (χ3n) is 2.61. The molecule has 1 aromatic rings. The van der Waals surface area contributed by atoms with Crippen LogP contribution in [0.3, 0.4) is 0 Å². The third kappa shape index (κ3) is 3.53. The van der Waals surface area contributed by atoms with Gasteiger partial charge >= 0.3 is 0 Å². The Morgan fingerprint density at radius 3 is 2.67 bits per heavy atom. The fraction of sp³-hybridized carbons (Fsp3) is 0.500. The van der Waals surface area contributed by atoms with Crippen LogP contribution in [0.2, 0.25) is 0 Å². The fourth-order valence-electron chi connectivity index (χ4n) is 1.55. The molecule has 0 bridgehead atoms. The van der Waals surface area contributed by atoms with Gasteiger partial charge in [-0.3, -0.25) is 0 Å². The first-order valence-electron chi connectivity index (χ1n) is 5.16. The van der Waals surface area contributed by atoms with Gasteiger partial charge < -0.3 is 15.4 Å². The molecule has 0 unspecified atom stereocenters. The van der Waals surface area contributed by atoms with Crippen LogP contribution in [0.4, 0.5) is 0 Å². The van der Waals surface area contributed by atoms with Crippen LogP contribution in [0.15, 0.2) is 24.3 Å². The van der Waals surface area contributed by atoms with E-state index in [2.05, 4.69) is 31.1 Å². The van der Waals surface area contributed by atoms with Crippen LogP contribution in [-0.4, -0.2) is 38.7 Å². The van der Waals surface area contributed by atoms with Crippen molar-refractivity contribution >= 4 is 0 Å². The molecule has 0 fully saturated rings. The Balaban J connectivity index is 2.70. The molecule has 0 aromatic heterocycles. The number of rotatable bonds is 5. The number of benzene rings is 1. The van der Waals surface area contributed by atoms with Crippen molar-refractivity contribution in [3.63, 3.8) is 0 Å². The number of nitrogens with zero attached hydrogens (tertiary/aromatic N) is 1. The largest absolute Gasteiger partial charge is 0.497 e. The molecule has 15 heavy (non-hydrogen) atoms. The van der Waals surface area contributed by atoms with Crippen LogP contribution < -0.4 is 10.5 Å². The predicted molar refractivity (Wildman–Crippen MR) is 63.2 cm³/mol. The van der Waals surface area contributed by atoms with E-state index in [4.69, 9.17) is 10.5 Å². The summed E-state index contributed by atoms with van der Waals surface area (Å²) in [5, 5.41) is 0. The summed E-state index contributed by atoms with van der Waals surface area (Å²) in [5.41, 5.74) is 6.98. The van der Waals surface area contributed by atoms with E-state index in [1.807, 2.05) is 12.1 Å². The standard InChI is InChI=1S/C12H20N2O/c1-14(2)11(9-13)7-10-5-4-6-12(8-10)15-3/h4-6,8,11H,7,9,13H2,1-3H3/t11-/m0/s1. The van der Waals surface area contributed by atoms with Gasteiger partial charge in [-0.2, -0.15) is 0 Å². The average Bonchev–Trinajstić information content (AvgIpc) is 2.25. The number of hydrogen-bond donors (Lipinski definition) is 1. The minimum Gasteiger partial charge on any atom is -0.497 e. The van der Waals surface area contributed by atoms with Gasteiger partial charge in [0.2, 0.25) is 0 Å². The number of ether oxygens (including phenoxy) is 1. The number of likely N-dealkylation sites (N-methyl/N-ethyl adjacent to an activating group) is 1. The molecular formula is C12H20N2O. The Morgan fingerprint density at radius 2 is 2.13 bits per heavy atom. The molecule has 1 aromatic carbocycles. The van der Waals surface area contributed by atoms with Crippen LogP contribution in [0, 0.1) is 0 Å². The van der Waals surface area contributed by atoms with Gasteiger partial charge in [0.1, 0.15) is 5.75 Å². The van der Waals surface area contributed by atoms with Crippen LogP contribution >= 0.6 is 0 Å². The summed E-state index contributed by atoms with van der Waals surface area (Å²) in [4.78, 5) is 2.15. The van der Waals surface area contributed by atoms with Crippen molar-refractivity contribution in [1.29, 1.82) is 0 Å². The maximum atomic E-state index is 5.72. The molecule has 0 amide bonds. The first-order valence-corrected chi connectivity index (χ1v) is 5.16. The minimum absolute atomic E-state index is 0.386. The Labute approximate surface area is 91.8 Å². The Bertz CT molecular complexity index is 299. The predicted octanol–water partition coefficient (Wildman–Crippen LogP) is 1.13. The Hall–Kier alpha value is -1.06. The molecule has 3 heteroatoms. The van der Waals surface area contributed by atoms with E-state index < -0.39 is 0 Å². The van der Waals surface area contributed by atoms with Gasteiger partial charge in [0.25, 0.3) is 0 Å². The maximum absolute atomic E-state index is 5.72. The Kier molecular flexibility index (Phi) is 4.59. The second-order valence-corrected chi connectivity index (χ2v) is 3.91. The van der Waals surface area contributed by atoms with E-state index in [0.717, 1.165) is 12.2 Å². The lowest BCUT2D eigenvalue weighted by atomic mass is 10.1. The van der Waals surface area contributed by atoms with Gasteiger partial charge in [-0.15, -0.1) is 0 Å². The molecule has 84 valence electrons. The molecule has 3 nitrogen and oxygen atoms in total. The molecule has 0 saturated carbocycles. The van der Waals surface area contributed by atoms with E-state index in [0.29, 0.717) is 12.6 Å². The van der Waals surface area contributed by atoms with Gasteiger partial charge in [0.15, 0.2) is 0 Å². The summed E-state index contributed by atoms with van der Waals surface area (Å²) in [6.45, 7) is 0.671. The first kappa shape index (κ1) is 12.0. The highest BCUT2D eigenvalue weighted by Gasteiger charge is 2.10. The van der Waals surface area contributed by atoms with E-state index >= 15 is 0 Å². The zero-order valence-corrected chi connectivity index (χ0v) is 9.73. The quantitative estimate of drug-likeness (QED) is 0.788. The van der Waals surface area contributed by atoms with Gasteiger partial charge in [-0.1, -0.05) is 12.1 Å². The van der Waals surface area contributed by atoms with Gasteiger partial charge in [0.05, 0.1) is 7.11 Å². The van der Waals surface area contributed by atoms with Crippen LogP contribution in [0.5, 0.6) is 5.75 Å². The van der Waals surface area contributed by atoms with E-state index in [-0.39, 0.29) is 0 Å². The second kappa shape index (κ2) is 5.73. The molecule has 0 aliphatic carbocycles. The zero-order chi connectivity index (χ0) is 11.3. The number of nitrogens with two attached hydrogens (primary N) is 1. The molecule has 0 saturated heterocycles. The van der Waals surface area contributed by atoms with Crippen LogP contribution in [0.1, 0.15) is 5.56 Å². The smallest absolute Gasteiger partial charge is 0.119 e. The van der Waals surface area contributed by atoms with E-state index in [1.54, 1.807) is 7.11 Å². The van der Waals surface area contributed by atoms with Crippen molar-refractivity contribution in [2.24, 2.45) is 5.73 Å². The molecule has 0 spiro atoms. The highest BCUT2D eigenvalue weighted by Crippen LogP contribution is 2.14. The summed E-state index contributed by atoms with van der Waals surface area (Å²) in [6.07, 6.45) is 0.959. The van der Waals surface area contributed by atoms with Gasteiger partial charge in [0, 0.05) is 12.6 Å². The van der Waals surface area contributed by atoms with Crippen molar-refractivity contribution < 1.29 is 4.74 Å². The normalized spacial score (nSPS) is 12.9. The molecule has 0 heterocycles. The summed E-state index contributed by atoms with van der Waals surface area (Å²) >= 11 is 0.